The van der Waals surface area contributed by atoms with Crippen LogP contribution in [0.15, 0.2) is 65.3 Å². The summed E-state index contributed by atoms with van der Waals surface area (Å²) in [6.45, 7) is -0.130. The summed E-state index contributed by atoms with van der Waals surface area (Å²) in [6, 6.07) is 16.1. The highest BCUT2D eigenvalue weighted by Crippen LogP contribution is 2.13. The zero-order chi connectivity index (χ0) is 16.5. The summed E-state index contributed by atoms with van der Waals surface area (Å²) in [5.41, 5.74) is 4.20. The fraction of sp³-hybridized carbons (Fsp3) is 0.111. The number of amides is 1. The molecule has 0 atom stereocenters. The average molecular weight is 310 g/mol. The molecule has 0 aliphatic rings. The van der Waals surface area contributed by atoms with Gasteiger partial charge < -0.3 is 10.2 Å². The van der Waals surface area contributed by atoms with E-state index in [0.717, 1.165) is 5.56 Å². The Balaban J connectivity index is 2.07. The lowest BCUT2D eigenvalue weighted by atomic mass is 10.1. The van der Waals surface area contributed by atoms with Crippen LogP contribution in [-0.2, 0) is 4.79 Å². The molecule has 5 nitrogen and oxygen atoms in total. The lowest BCUT2D eigenvalue weighted by Gasteiger charge is -2.05. The Morgan fingerprint density at radius 3 is 2.48 bits per heavy atom. The van der Waals surface area contributed by atoms with Gasteiger partial charge in [0, 0.05) is 24.2 Å². The molecule has 0 heterocycles. The molecule has 0 bridgehead atoms. The number of phenolic OH excluding ortho intramolecular Hbond substituents is 1. The number of phenols is 1. The van der Waals surface area contributed by atoms with Crippen LogP contribution in [0.5, 0.6) is 5.75 Å². The predicted molar refractivity (Wildman–Crippen MR) is 90.0 cm³/mol. The van der Waals surface area contributed by atoms with Gasteiger partial charge in [0.25, 0.3) is 5.91 Å². The second kappa shape index (κ2) is 8.51. The minimum Gasteiger partial charge on any atom is -0.507 e. The van der Waals surface area contributed by atoms with Gasteiger partial charge in [-0.05, 0) is 23.8 Å². The number of carbonyl (C=O) groups excluding carboxylic acids is 1. The van der Waals surface area contributed by atoms with Gasteiger partial charge in [-0.15, -0.1) is 0 Å². The molecule has 0 aromatic heterocycles. The fourth-order valence-corrected chi connectivity index (χ4v) is 1.95. The van der Waals surface area contributed by atoms with E-state index in [-0.39, 0.29) is 18.8 Å². The van der Waals surface area contributed by atoms with Crippen LogP contribution >= 0.6 is 0 Å². The van der Waals surface area contributed by atoms with Crippen LogP contribution in [0.1, 0.15) is 17.5 Å². The molecule has 0 aliphatic carbocycles. The molecular formula is C18H18N2O3. The second-order valence-electron chi connectivity index (χ2n) is 4.81. The van der Waals surface area contributed by atoms with E-state index in [1.54, 1.807) is 24.3 Å². The number of hydrazone groups is 1. The van der Waals surface area contributed by atoms with Crippen molar-refractivity contribution in [2.75, 3.05) is 6.61 Å². The van der Waals surface area contributed by atoms with Gasteiger partial charge in [-0.2, -0.15) is 5.10 Å². The SMILES string of the molecule is O=C(N/N=C\c1ccccc1O)/C(=C/c1ccccc1)CCO. The lowest BCUT2D eigenvalue weighted by Crippen LogP contribution is -2.20. The molecule has 1 amide bonds. The number of para-hydroxylation sites is 1. The molecule has 0 spiro atoms. The highest BCUT2D eigenvalue weighted by atomic mass is 16.3. The maximum absolute atomic E-state index is 12.1. The molecular weight excluding hydrogens is 292 g/mol. The maximum atomic E-state index is 12.1. The molecule has 0 aliphatic heterocycles. The Morgan fingerprint density at radius 2 is 1.78 bits per heavy atom. The van der Waals surface area contributed by atoms with Crippen LogP contribution in [0.2, 0.25) is 0 Å². The number of aromatic hydroxyl groups is 1. The molecule has 0 saturated carbocycles. The number of nitrogens with one attached hydrogen (secondary N) is 1. The van der Waals surface area contributed by atoms with E-state index in [0.29, 0.717) is 11.1 Å². The first-order valence-corrected chi connectivity index (χ1v) is 7.18. The van der Waals surface area contributed by atoms with E-state index < -0.39 is 5.91 Å². The summed E-state index contributed by atoms with van der Waals surface area (Å²) in [5.74, 6) is -0.310. The zero-order valence-electron chi connectivity index (χ0n) is 12.5. The molecule has 0 saturated heterocycles. The van der Waals surface area contributed by atoms with Gasteiger partial charge in [0.05, 0.1) is 6.21 Å². The van der Waals surface area contributed by atoms with Crippen molar-refractivity contribution in [2.24, 2.45) is 5.10 Å². The highest BCUT2D eigenvalue weighted by Gasteiger charge is 2.08. The third kappa shape index (κ3) is 5.09. The van der Waals surface area contributed by atoms with Crippen molar-refractivity contribution in [3.8, 4) is 5.75 Å². The van der Waals surface area contributed by atoms with E-state index in [4.69, 9.17) is 5.11 Å². The molecule has 3 N–H and O–H groups in total. The first-order valence-electron chi connectivity index (χ1n) is 7.18. The number of carbonyl (C=O) groups is 1. The van der Waals surface area contributed by atoms with Crippen molar-refractivity contribution >= 4 is 18.2 Å². The summed E-state index contributed by atoms with van der Waals surface area (Å²) in [4.78, 5) is 12.1. The van der Waals surface area contributed by atoms with Crippen molar-refractivity contribution in [2.45, 2.75) is 6.42 Å². The van der Waals surface area contributed by atoms with Crippen LogP contribution in [-0.4, -0.2) is 28.9 Å². The minimum absolute atomic E-state index is 0.0842. The third-order valence-electron chi connectivity index (χ3n) is 3.12. The van der Waals surface area contributed by atoms with E-state index >= 15 is 0 Å². The summed E-state index contributed by atoms with van der Waals surface area (Å²) in [5, 5.41) is 22.6. The largest absolute Gasteiger partial charge is 0.507 e. The van der Waals surface area contributed by atoms with Crippen LogP contribution in [0.3, 0.4) is 0 Å². The number of hydrogen-bond acceptors (Lipinski definition) is 4. The van der Waals surface area contributed by atoms with Crippen LogP contribution < -0.4 is 5.43 Å². The average Bonchev–Trinajstić information content (AvgIpc) is 2.57. The van der Waals surface area contributed by atoms with E-state index in [1.165, 1.54) is 12.3 Å². The van der Waals surface area contributed by atoms with Crippen molar-refractivity contribution in [3.63, 3.8) is 0 Å². The smallest absolute Gasteiger partial charge is 0.267 e. The molecule has 0 unspecified atom stereocenters. The monoisotopic (exact) mass is 310 g/mol. The van der Waals surface area contributed by atoms with Gasteiger partial charge in [0.1, 0.15) is 5.75 Å². The van der Waals surface area contributed by atoms with Gasteiger partial charge in [-0.1, -0.05) is 42.5 Å². The van der Waals surface area contributed by atoms with Crippen molar-refractivity contribution in [1.29, 1.82) is 0 Å². The van der Waals surface area contributed by atoms with Crippen LogP contribution in [0.4, 0.5) is 0 Å². The van der Waals surface area contributed by atoms with Gasteiger partial charge in [0.15, 0.2) is 0 Å². The van der Waals surface area contributed by atoms with Crippen molar-refractivity contribution in [1.82, 2.24) is 5.43 Å². The normalized spacial score (nSPS) is 11.6. The van der Waals surface area contributed by atoms with Crippen molar-refractivity contribution < 1.29 is 15.0 Å². The first-order chi connectivity index (χ1) is 11.2. The number of aliphatic hydroxyl groups excluding tert-OH is 1. The molecule has 2 aromatic carbocycles. The number of nitrogens with zero attached hydrogens (tertiary/aromatic N) is 1. The number of hydrogen-bond donors (Lipinski definition) is 3. The molecule has 2 aromatic rings. The number of aliphatic hydroxyl groups is 1. The maximum Gasteiger partial charge on any atom is 0.267 e. The Morgan fingerprint density at radius 1 is 1.09 bits per heavy atom. The standard InChI is InChI=1S/C18H18N2O3/c21-11-10-15(12-14-6-2-1-3-7-14)18(23)20-19-13-16-8-4-5-9-17(16)22/h1-9,12-13,21-22H,10-11H2,(H,20,23)/b15-12+,19-13-. The van der Waals surface area contributed by atoms with Crippen LogP contribution in [0, 0.1) is 0 Å². The first kappa shape index (κ1) is 16.5. The second-order valence-corrected chi connectivity index (χ2v) is 4.81. The summed E-state index contributed by atoms with van der Waals surface area (Å²) >= 11 is 0. The van der Waals surface area contributed by atoms with Gasteiger partial charge in [-0.25, -0.2) is 5.43 Å². The summed E-state index contributed by atoms with van der Waals surface area (Å²) in [6.07, 6.45) is 3.31. The highest BCUT2D eigenvalue weighted by molar-refractivity contribution is 5.98. The topological polar surface area (TPSA) is 81.9 Å². The number of rotatable bonds is 6. The van der Waals surface area contributed by atoms with E-state index in [9.17, 15) is 9.90 Å². The Hall–Kier alpha value is -2.92. The molecule has 0 fully saturated rings. The lowest BCUT2D eigenvalue weighted by molar-refractivity contribution is -0.117. The molecule has 0 radical (unpaired) electrons. The third-order valence-corrected chi connectivity index (χ3v) is 3.12. The zero-order valence-corrected chi connectivity index (χ0v) is 12.5. The molecule has 5 heteroatoms. The quantitative estimate of drug-likeness (QED) is 0.435. The Bertz CT molecular complexity index is 709. The Labute approximate surface area is 134 Å². The molecule has 23 heavy (non-hydrogen) atoms. The summed E-state index contributed by atoms with van der Waals surface area (Å²) < 4.78 is 0. The minimum atomic E-state index is -0.394. The van der Waals surface area contributed by atoms with Gasteiger partial charge in [0.2, 0.25) is 0 Å². The van der Waals surface area contributed by atoms with E-state index in [1.807, 2.05) is 30.3 Å². The summed E-state index contributed by atoms with van der Waals surface area (Å²) in [7, 11) is 0. The predicted octanol–water partition coefficient (Wildman–Crippen LogP) is 2.31. The fourth-order valence-electron chi connectivity index (χ4n) is 1.95. The molecule has 118 valence electrons. The van der Waals surface area contributed by atoms with Crippen LogP contribution in [0.25, 0.3) is 6.08 Å². The number of benzene rings is 2. The Kier molecular flexibility index (Phi) is 6.08. The van der Waals surface area contributed by atoms with Gasteiger partial charge in [-0.3, -0.25) is 4.79 Å². The van der Waals surface area contributed by atoms with Gasteiger partial charge >= 0.3 is 0 Å². The van der Waals surface area contributed by atoms with Crippen molar-refractivity contribution in [3.05, 3.63) is 71.3 Å². The van der Waals surface area contributed by atoms with E-state index in [2.05, 4.69) is 10.5 Å². The molecule has 2 rings (SSSR count).